The van der Waals surface area contributed by atoms with E-state index in [2.05, 4.69) is 0 Å². The number of rotatable bonds is 4. The molecule has 6 heteroatoms. The summed E-state index contributed by atoms with van der Waals surface area (Å²) in [5, 5.41) is 0. The van der Waals surface area contributed by atoms with Crippen molar-refractivity contribution >= 4 is 17.7 Å². The van der Waals surface area contributed by atoms with Gasteiger partial charge in [-0.05, 0) is 50.5 Å². The molecule has 0 aliphatic heterocycles. The molecule has 1 aliphatic carbocycles. The van der Waals surface area contributed by atoms with Crippen molar-refractivity contribution in [2.45, 2.75) is 42.0 Å². The van der Waals surface area contributed by atoms with E-state index in [4.69, 9.17) is 4.74 Å². The molecule has 110 valence electrons. The molecular weight excluding hydrogens is 289 g/mol. The van der Waals surface area contributed by atoms with Gasteiger partial charge in [-0.2, -0.15) is 13.2 Å². The van der Waals surface area contributed by atoms with Gasteiger partial charge in [0.05, 0.1) is 12.2 Å². The molecule has 2 nitrogen and oxygen atoms in total. The molecule has 1 saturated carbocycles. The van der Waals surface area contributed by atoms with E-state index >= 15 is 0 Å². The largest absolute Gasteiger partial charge is 0.465 e. The normalized spacial score (nSPS) is 17.4. The minimum atomic E-state index is -4.33. The van der Waals surface area contributed by atoms with Crippen LogP contribution in [0.15, 0.2) is 29.2 Å². The van der Waals surface area contributed by atoms with E-state index in [1.807, 2.05) is 0 Å². The Morgan fingerprint density at radius 1 is 1.30 bits per heavy atom. The molecule has 0 aromatic heterocycles. The molecule has 0 saturated heterocycles. The Morgan fingerprint density at radius 2 is 1.90 bits per heavy atom. The van der Waals surface area contributed by atoms with Crippen LogP contribution in [-0.2, 0) is 15.7 Å². The lowest BCUT2D eigenvalue weighted by atomic mass is 9.84. The van der Waals surface area contributed by atoms with Crippen LogP contribution in [0.3, 0.4) is 0 Å². The summed E-state index contributed by atoms with van der Waals surface area (Å²) in [4.78, 5) is 12.6. The molecule has 1 aromatic carbocycles. The van der Waals surface area contributed by atoms with Crippen molar-refractivity contribution in [2.24, 2.45) is 0 Å². The second-order valence-electron chi connectivity index (χ2n) is 4.69. The van der Waals surface area contributed by atoms with Gasteiger partial charge < -0.3 is 4.74 Å². The highest BCUT2D eigenvalue weighted by Gasteiger charge is 2.46. The van der Waals surface area contributed by atoms with Crippen LogP contribution in [0.5, 0.6) is 0 Å². The molecule has 0 spiro atoms. The van der Waals surface area contributed by atoms with Crippen LogP contribution >= 0.6 is 11.8 Å². The first kappa shape index (κ1) is 15.2. The molecule has 0 bridgehead atoms. The van der Waals surface area contributed by atoms with Crippen molar-refractivity contribution in [1.29, 1.82) is 0 Å². The van der Waals surface area contributed by atoms with Gasteiger partial charge in [-0.25, -0.2) is 0 Å². The molecule has 0 atom stereocenters. The van der Waals surface area contributed by atoms with Crippen LogP contribution in [0.2, 0.25) is 0 Å². The average Bonchev–Trinajstić information content (AvgIpc) is 2.33. The highest BCUT2D eigenvalue weighted by atomic mass is 32.2. The van der Waals surface area contributed by atoms with Crippen LogP contribution in [0, 0.1) is 0 Å². The Morgan fingerprint density at radius 3 is 2.30 bits per heavy atom. The fraction of sp³-hybridized carbons (Fsp3) is 0.500. The molecule has 0 N–H and O–H groups in total. The number of carbonyl (C=O) groups excluding carboxylic acids is 1. The number of thioether (sulfide) groups is 1. The van der Waals surface area contributed by atoms with Crippen LogP contribution in [0.25, 0.3) is 0 Å². The van der Waals surface area contributed by atoms with E-state index in [1.165, 1.54) is 23.9 Å². The maximum absolute atomic E-state index is 12.5. The fourth-order valence-electron chi connectivity index (χ4n) is 2.05. The van der Waals surface area contributed by atoms with Crippen molar-refractivity contribution in [1.82, 2.24) is 0 Å². The summed E-state index contributed by atoms with van der Waals surface area (Å²) >= 11 is 1.30. The number of halogens is 3. The Bertz CT molecular complexity index is 478. The minimum Gasteiger partial charge on any atom is -0.465 e. The number of carbonyl (C=O) groups is 1. The monoisotopic (exact) mass is 304 g/mol. The third-order valence-corrected chi connectivity index (χ3v) is 4.78. The molecule has 0 amide bonds. The fourth-order valence-corrected chi connectivity index (χ4v) is 3.40. The molecule has 1 aliphatic rings. The van der Waals surface area contributed by atoms with Crippen molar-refractivity contribution in [3.8, 4) is 0 Å². The van der Waals surface area contributed by atoms with Crippen molar-refractivity contribution in [3.05, 3.63) is 29.8 Å². The highest BCUT2D eigenvalue weighted by Crippen LogP contribution is 2.48. The van der Waals surface area contributed by atoms with Crippen LogP contribution < -0.4 is 0 Å². The van der Waals surface area contributed by atoms with Crippen LogP contribution in [0.1, 0.15) is 31.7 Å². The Hall–Kier alpha value is -1.17. The van der Waals surface area contributed by atoms with E-state index in [0.29, 0.717) is 24.3 Å². The van der Waals surface area contributed by atoms with Gasteiger partial charge in [-0.3, -0.25) is 4.79 Å². The molecular formula is C14H15F3O2S. The highest BCUT2D eigenvalue weighted by molar-refractivity contribution is 8.01. The third-order valence-electron chi connectivity index (χ3n) is 3.30. The summed E-state index contributed by atoms with van der Waals surface area (Å²) in [6.07, 6.45) is -1.99. The zero-order chi connectivity index (χ0) is 14.8. The lowest BCUT2D eigenvalue weighted by molar-refractivity contribution is -0.148. The van der Waals surface area contributed by atoms with Gasteiger partial charge >= 0.3 is 12.1 Å². The number of alkyl halides is 3. The zero-order valence-electron chi connectivity index (χ0n) is 11.0. The van der Waals surface area contributed by atoms with E-state index in [1.54, 1.807) is 6.92 Å². The molecule has 1 fully saturated rings. The van der Waals surface area contributed by atoms with Crippen molar-refractivity contribution in [2.75, 3.05) is 6.61 Å². The lowest BCUT2D eigenvalue weighted by Crippen LogP contribution is -2.43. The first-order valence-electron chi connectivity index (χ1n) is 6.41. The Kier molecular flexibility index (Phi) is 4.32. The van der Waals surface area contributed by atoms with Crippen molar-refractivity contribution in [3.63, 3.8) is 0 Å². The summed E-state index contributed by atoms with van der Waals surface area (Å²) in [6.45, 7) is 2.06. The SMILES string of the molecule is CCOC(=O)C1(Sc2ccc(C(F)(F)F)cc2)CCC1. The standard InChI is InChI=1S/C14H15F3O2S/c1-2-19-12(18)13(8-3-9-13)20-11-6-4-10(5-7-11)14(15,16)17/h4-7H,2-3,8-9H2,1H3. The molecule has 2 rings (SSSR count). The predicted molar refractivity (Wildman–Crippen MR) is 70.5 cm³/mol. The first-order chi connectivity index (χ1) is 9.37. The van der Waals surface area contributed by atoms with Gasteiger partial charge in [0.15, 0.2) is 0 Å². The molecule has 0 heterocycles. The van der Waals surface area contributed by atoms with Gasteiger partial charge in [0.1, 0.15) is 4.75 Å². The summed E-state index contributed by atoms with van der Waals surface area (Å²) in [6, 6.07) is 4.90. The zero-order valence-corrected chi connectivity index (χ0v) is 11.8. The summed E-state index contributed by atoms with van der Waals surface area (Å²) in [5.41, 5.74) is -0.680. The Balaban J connectivity index is 2.11. The number of ether oxygens (including phenoxy) is 1. The van der Waals surface area contributed by atoms with E-state index in [-0.39, 0.29) is 5.97 Å². The molecule has 1 aromatic rings. The number of benzene rings is 1. The quantitative estimate of drug-likeness (QED) is 0.777. The second-order valence-corrected chi connectivity index (χ2v) is 6.15. The summed E-state index contributed by atoms with van der Waals surface area (Å²) in [7, 11) is 0. The maximum atomic E-state index is 12.5. The first-order valence-corrected chi connectivity index (χ1v) is 7.22. The smallest absolute Gasteiger partial charge is 0.416 e. The topological polar surface area (TPSA) is 26.3 Å². The lowest BCUT2D eigenvalue weighted by Gasteiger charge is -2.38. The van der Waals surface area contributed by atoms with E-state index in [9.17, 15) is 18.0 Å². The Labute approximate surface area is 119 Å². The maximum Gasteiger partial charge on any atom is 0.416 e. The van der Waals surface area contributed by atoms with Crippen molar-refractivity contribution < 1.29 is 22.7 Å². The van der Waals surface area contributed by atoms with Gasteiger partial charge in [-0.1, -0.05) is 0 Å². The van der Waals surface area contributed by atoms with Gasteiger partial charge in [-0.15, -0.1) is 11.8 Å². The molecule has 20 heavy (non-hydrogen) atoms. The number of hydrogen-bond donors (Lipinski definition) is 0. The predicted octanol–water partition coefficient (Wildman–Crippen LogP) is 4.28. The van der Waals surface area contributed by atoms with Gasteiger partial charge in [0.2, 0.25) is 0 Å². The minimum absolute atomic E-state index is 0.267. The van der Waals surface area contributed by atoms with Crippen LogP contribution in [0.4, 0.5) is 13.2 Å². The molecule has 0 radical (unpaired) electrons. The second kappa shape index (κ2) is 5.68. The van der Waals surface area contributed by atoms with Crippen LogP contribution in [-0.4, -0.2) is 17.3 Å². The van der Waals surface area contributed by atoms with Gasteiger partial charge in [0.25, 0.3) is 0 Å². The van der Waals surface area contributed by atoms with Gasteiger partial charge in [0, 0.05) is 4.90 Å². The number of esters is 1. The van der Waals surface area contributed by atoms with E-state index < -0.39 is 16.5 Å². The third kappa shape index (κ3) is 3.11. The summed E-state index contributed by atoms with van der Waals surface area (Å²) < 4.78 is 41.9. The summed E-state index contributed by atoms with van der Waals surface area (Å²) in [5.74, 6) is -0.267. The molecule has 0 unspecified atom stereocenters. The average molecular weight is 304 g/mol. The van der Waals surface area contributed by atoms with E-state index in [0.717, 1.165) is 18.6 Å². The number of hydrogen-bond acceptors (Lipinski definition) is 3.